The van der Waals surface area contributed by atoms with Crippen LogP contribution in [0.4, 0.5) is 5.69 Å². The third kappa shape index (κ3) is 2.40. The van der Waals surface area contributed by atoms with Crippen molar-refractivity contribution in [3.63, 3.8) is 0 Å². The number of benzene rings is 1. The van der Waals surface area contributed by atoms with Gasteiger partial charge in [0.25, 0.3) is 0 Å². The van der Waals surface area contributed by atoms with Crippen molar-refractivity contribution in [2.75, 3.05) is 11.9 Å². The zero-order valence-corrected chi connectivity index (χ0v) is 13.1. The minimum Gasteiger partial charge on any atom is -0.381 e. The van der Waals surface area contributed by atoms with E-state index in [2.05, 4.69) is 55.3 Å². The highest BCUT2D eigenvalue weighted by atomic mass is 16.5. The number of aromatic nitrogens is 1. The molecule has 0 radical (unpaired) electrons. The molecule has 0 saturated heterocycles. The van der Waals surface area contributed by atoms with E-state index in [9.17, 15) is 0 Å². The molecule has 0 aliphatic heterocycles. The van der Waals surface area contributed by atoms with Crippen molar-refractivity contribution < 1.29 is 4.74 Å². The van der Waals surface area contributed by atoms with Gasteiger partial charge in [0.15, 0.2) is 0 Å². The van der Waals surface area contributed by atoms with Crippen LogP contribution in [0.5, 0.6) is 0 Å². The Morgan fingerprint density at radius 3 is 2.90 bits per heavy atom. The number of rotatable bonds is 5. The fourth-order valence-electron chi connectivity index (χ4n) is 3.39. The second kappa shape index (κ2) is 5.64. The third-order valence-corrected chi connectivity index (χ3v) is 5.09. The number of nitrogens with one attached hydrogen (secondary N) is 1. The Balaban J connectivity index is 1.83. The summed E-state index contributed by atoms with van der Waals surface area (Å²) in [7, 11) is 0. The Morgan fingerprint density at radius 2 is 2.14 bits per heavy atom. The van der Waals surface area contributed by atoms with Gasteiger partial charge in [-0.1, -0.05) is 19.9 Å². The normalized spacial score (nSPS) is 28.3. The minimum absolute atomic E-state index is 0.209. The topological polar surface area (TPSA) is 34.1 Å². The maximum Gasteiger partial charge on any atom is 0.0722 e. The number of nitrogens with zero attached hydrogens (tertiary/aromatic N) is 1. The fraction of sp³-hybridized carbons (Fsp3) is 0.500. The van der Waals surface area contributed by atoms with Crippen LogP contribution in [-0.4, -0.2) is 23.7 Å². The molecule has 1 saturated carbocycles. The van der Waals surface area contributed by atoms with Gasteiger partial charge in [-0.15, -0.1) is 0 Å². The largest absolute Gasteiger partial charge is 0.381 e. The van der Waals surface area contributed by atoms with Gasteiger partial charge in [0.2, 0.25) is 0 Å². The molecule has 21 heavy (non-hydrogen) atoms. The summed E-state index contributed by atoms with van der Waals surface area (Å²) in [5.74, 6) is 0. The maximum absolute atomic E-state index is 5.89. The van der Waals surface area contributed by atoms with Crippen LogP contribution in [0.15, 0.2) is 36.5 Å². The molecule has 3 rings (SSSR count). The predicted molar refractivity (Wildman–Crippen MR) is 87.6 cm³/mol. The molecule has 112 valence electrons. The Bertz CT molecular complexity index is 622. The van der Waals surface area contributed by atoms with Crippen LogP contribution in [0.3, 0.4) is 0 Å². The molecule has 1 aromatic heterocycles. The molecule has 3 unspecified atom stereocenters. The molecule has 1 fully saturated rings. The Hall–Kier alpha value is -1.61. The monoisotopic (exact) mass is 284 g/mol. The molecule has 3 atom stereocenters. The molecule has 1 aliphatic carbocycles. The summed E-state index contributed by atoms with van der Waals surface area (Å²) in [6.07, 6.45) is 4.42. The second-order valence-corrected chi connectivity index (χ2v) is 6.11. The Labute approximate surface area is 126 Å². The SMILES string of the molecule is CCOC1CC(Nc2cccc3ncccc23)C1(C)CC. The summed E-state index contributed by atoms with van der Waals surface area (Å²) in [4.78, 5) is 4.43. The molecule has 1 aliphatic rings. The van der Waals surface area contributed by atoms with E-state index in [4.69, 9.17) is 4.74 Å². The minimum atomic E-state index is 0.209. The maximum atomic E-state index is 5.89. The number of hydrogen-bond acceptors (Lipinski definition) is 3. The summed E-state index contributed by atoms with van der Waals surface area (Å²) < 4.78 is 5.89. The lowest BCUT2D eigenvalue weighted by molar-refractivity contribution is -0.109. The van der Waals surface area contributed by atoms with Gasteiger partial charge in [-0.2, -0.15) is 0 Å². The van der Waals surface area contributed by atoms with E-state index in [1.54, 1.807) is 0 Å². The molecule has 1 N–H and O–H groups in total. The van der Waals surface area contributed by atoms with Gasteiger partial charge >= 0.3 is 0 Å². The Kier molecular flexibility index (Phi) is 3.85. The summed E-state index contributed by atoms with van der Waals surface area (Å²) >= 11 is 0. The van der Waals surface area contributed by atoms with Gasteiger partial charge in [-0.05, 0) is 44.0 Å². The first-order valence-electron chi connectivity index (χ1n) is 7.91. The van der Waals surface area contributed by atoms with Gasteiger partial charge in [0.05, 0.1) is 11.6 Å². The zero-order chi connectivity index (χ0) is 14.9. The van der Waals surface area contributed by atoms with Crippen LogP contribution in [-0.2, 0) is 4.74 Å². The highest BCUT2D eigenvalue weighted by molar-refractivity contribution is 5.91. The van der Waals surface area contributed by atoms with E-state index in [0.29, 0.717) is 12.1 Å². The average molecular weight is 284 g/mol. The van der Waals surface area contributed by atoms with Crippen LogP contribution in [0, 0.1) is 5.41 Å². The van der Waals surface area contributed by atoms with Crippen LogP contribution in [0.25, 0.3) is 10.9 Å². The molecule has 0 amide bonds. The number of anilines is 1. The first-order chi connectivity index (χ1) is 10.2. The molecule has 1 heterocycles. The first kappa shape index (κ1) is 14.3. The molecular weight excluding hydrogens is 260 g/mol. The van der Waals surface area contributed by atoms with E-state index >= 15 is 0 Å². The molecule has 3 nitrogen and oxygen atoms in total. The lowest BCUT2D eigenvalue weighted by atomic mass is 9.61. The molecule has 0 spiro atoms. The van der Waals surface area contributed by atoms with E-state index in [1.165, 1.54) is 11.1 Å². The molecule has 0 bridgehead atoms. The van der Waals surface area contributed by atoms with Gasteiger partial charge in [-0.3, -0.25) is 4.98 Å². The van der Waals surface area contributed by atoms with Crippen molar-refractivity contribution >= 4 is 16.6 Å². The van der Waals surface area contributed by atoms with E-state index in [0.717, 1.165) is 25.0 Å². The number of pyridine rings is 1. The highest BCUT2D eigenvalue weighted by Crippen LogP contribution is 2.47. The van der Waals surface area contributed by atoms with Crippen molar-refractivity contribution in [3.8, 4) is 0 Å². The second-order valence-electron chi connectivity index (χ2n) is 6.11. The van der Waals surface area contributed by atoms with E-state index in [-0.39, 0.29) is 5.41 Å². The van der Waals surface area contributed by atoms with Crippen molar-refractivity contribution in [3.05, 3.63) is 36.5 Å². The van der Waals surface area contributed by atoms with Crippen molar-refractivity contribution in [2.24, 2.45) is 5.41 Å². The van der Waals surface area contributed by atoms with Crippen LogP contribution >= 0.6 is 0 Å². The van der Waals surface area contributed by atoms with Crippen LogP contribution < -0.4 is 5.32 Å². The van der Waals surface area contributed by atoms with Crippen molar-refractivity contribution in [1.82, 2.24) is 4.98 Å². The standard InChI is InChI=1S/C18H24N2O/c1-4-18(3)16(12-17(18)21-5-2)20-15-10-6-9-14-13(15)8-7-11-19-14/h6-11,16-17,20H,4-5,12H2,1-3H3. The molecular formula is C18H24N2O. The quantitative estimate of drug-likeness (QED) is 0.891. The van der Waals surface area contributed by atoms with Gasteiger partial charge in [0.1, 0.15) is 0 Å². The van der Waals surface area contributed by atoms with Crippen LogP contribution in [0.1, 0.15) is 33.6 Å². The van der Waals surface area contributed by atoms with Crippen molar-refractivity contribution in [2.45, 2.75) is 45.8 Å². The first-order valence-corrected chi connectivity index (χ1v) is 7.91. The summed E-state index contributed by atoms with van der Waals surface area (Å²) in [5.41, 5.74) is 2.43. The van der Waals surface area contributed by atoms with Crippen molar-refractivity contribution in [1.29, 1.82) is 0 Å². The summed E-state index contributed by atoms with van der Waals surface area (Å²) in [6.45, 7) is 7.46. The lowest BCUT2D eigenvalue weighted by Crippen LogP contribution is -2.59. The average Bonchev–Trinajstić information content (AvgIpc) is 2.53. The number of fused-ring (bicyclic) bond motifs is 1. The molecule has 3 heteroatoms. The van der Waals surface area contributed by atoms with Gasteiger partial charge in [0, 0.05) is 35.3 Å². The van der Waals surface area contributed by atoms with Gasteiger partial charge < -0.3 is 10.1 Å². The van der Waals surface area contributed by atoms with E-state index in [1.807, 2.05) is 12.3 Å². The molecule has 1 aromatic carbocycles. The summed E-state index contributed by atoms with van der Waals surface area (Å²) in [5, 5.41) is 4.92. The zero-order valence-electron chi connectivity index (χ0n) is 13.1. The van der Waals surface area contributed by atoms with Gasteiger partial charge in [-0.25, -0.2) is 0 Å². The smallest absolute Gasteiger partial charge is 0.0722 e. The van der Waals surface area contributed by atoms with E-state index < -0.39 is 0 Å². The summed E-state index contributed by atoms with van der Waals surface area (Å²) in [6, 6.07) is 10.9. The Morgan fingerprint density at radius 1 is 1.29 bits per heavy atom. The number of ether oxygens (including phenoxy) is 1. The predicted octanol–water partition coefficient (Wildman–Crippen LogP) is 4.24. The number of hydrogen-bond donors (Lipinski definition) is 1. The fourth-order valence-corrected chi connectivity index (χ4v) is 3.39. The third-order valence-electron chi connectivity index (χ3n) is 5.09. The van der Waals surface area contributed by atoms with Crippen LogP contribution in [0.2, 0.25) is 0 Å². The molecule has 2 aromatic rings. The lowest BCUT2D eigenvalue weighted by Gasteiger charge is -2.54. The highest BCUT2D eigenvalue weighted by Gasteiger charge is 2.51.